The third kappa shape index (κ3) is 11.4. The molecule has 0 heterocycles. The van der Waals surface area contributed by atoms with Crippen LogP contribution in [0.4, 0.5) is 5.69 Å². The Hall–Kier alpha value is -2.33. The van der Waals surface area contributed by atoms with Crippen molar-refractivity contribution in [2.45, 2.75) is 59.9 Å². The van der Waals surface area contributed by atoms with Gasteiger partial charge in [-0.3, -0.25) is 4.89 Å². The number of nitrogens with zero attached hydrogens (tertiary/aromatic N) is 1. The first-order valence-electron chi connectivity index (χ1n) is 10.4. The van der Waals surface area contributed by atoms with Gasteiger partial charge in [-0.05, 0) is 30.5 Å². The van der Waals surface area contributed by atoms with Gasteiger partial charge in [0.05, 0.1) is 7.11 Å². The molecular formula is C24H37NO3. The van der Waals surface area contributed by atoms with Crippen molar-refractivity contribution in [3.8, 4) is 0 Å². The average Bonchev–Trinajstić information content (AvgIpc) is 2.77. The van der Waals surface area contributed by atoms with Gasteiger partial charge in [0.15, 0.2) is 0 Å². The highest BCUT2D eigenvalue weighted by Gasteiger charge is 2.08. The Kier molecular flexibility index (Phi) is 16.6. The van der Waals surface area contributed by atoms with E-state index in [0.717, 1.165) is 32.4 Å². The molecule has 0 aliphatic heterocycles. The zero-order valence-electron chi connectivity index (χ0n) is 18.2. The van der Waals surface area contributed by atoms with Crippen LogP contribution in [0.15, 0.2) is 60.7 Å². The molecule has 0 amide bonds. The summed E-state index contributed by atoms with van der Waals surface area (Å²) in [6.07, 6.45) is 3.23. The maximum atomic E-state index is 11.2. The second-order valence-corrected chi connectivity index (χ2v) is 5.68. The lowest BCUT2D eigenvalue weighted by molar-refractivity contribution is -0.255. The van der Waals surface area contributed by atoms with E-state index in [1.807, 2.05) is 39.8 Å². The molecule has 156 valence electrons. The topological polar surface area (TPSA) is 38.8 Å². The van der Waals surface area contributed by atoms with Crippen LogP contribution in [0.2, 0.25) is 0 Å². The van der Waals surface area contributed by atoms with E-state index < -0.39 is 0 Å². The molecule has 0 unspecified atom stereocenters. The van der Waals surface area contributed by atoms with Crippen molar-refractivity contribution >= 4 is 11.7 Å². The van der Waals surface area contributed by atoms with E-state index in [2.05, 4.69) is 63.2 Å². The fourth-order valence-corrected chi connectivity index (χ4v) is 2.63. The molecule has 0 spiro atoms. The summed E-state index contributed by atoms with van der Waals surface area (Å²) in [5.74, 6) is -0.304. The van der Waals surface area contributed by atoms with E-state index in [1.165, 1.54) is 18.4 Å². The first-order chi connectivity index (χ1) is 13.8. The number of carbonyl (C=O) groups is 1. The minimum absolute atomic E-state index is 0.304. The number of para-hydroxylation sites is 1. The van der Waals surface area contributed by atoms with Crippen molar-refractivity contribution in [3.63, 3.8) is 0 Å². The summed E-state index contributed by atoms with van der Waals surface area (Å²) >= 11 is 0. The third-order valence-corrected chi connectivity index (χ3v) is 3.82. The summed E-state index contributed by atoms with van der Waals surface area (Å²) in [6, 6.07) is 20.9. The van der Waals surface area contributed by atoms with Gasteiger partial charge >= 0.3 is 5.97 Å². The summed E-state index contributed by atoms with van der Waals surface area (Å²) in [4.78, 5) is 22.5. The molecule has 0 fully saturated rings. The van der Waals surface area contributed by atoms with Crippen molar-refractivity contribution in [1.82, 2.24) is 0 Å². The molecule has 0 aliphatic carbocycles. The zero-order chi connectivity index (χ0) is 21.0. The van der Waals surface area contributed by atoms with Gasteiger partial charge in [-0.25, -0.2) is 4.79 Å². The predicted molar refractivity (Wildman–Crippen MR) is 118 cm³/mol. The first-order valence-corrected chi connectivity index (χ1v) is 10.4. The number of benzene rings is 2. The van der Waals surface area contributed by atoms with Crippen LogP contribution in [0.5, 0.6) is 0 Å². The van der Waals surface area contributed by atoms with Crippen LogP contribution in [0, 0.1) is 0 Å². The van der Waals surface area contributed by atoms with Crippen molar-refractivity contribution in [2.75, 3.05) is 18.6 Å². The van der Waals surface area contributed by atoms with Crippen LogP contribution >= 0.6 is 0 Å². The van der Waals surface area contributed by atoms with Crippen LogP contribution in [0.3, 0.4) is 0 Å². The van der Waals surface area contributed by atoms with Gasteiger partial charge in [-0.1, -0.05) is 82.6 Å². The van der Waals surface area contributed by atoms with E-state index in [4.69, 9.17) is 0 Å². The largest absolute Gasteiger partial charge is 0.367 e. The summed E-state index contributed by atoms with van der Waals surface area (Å²) in [5, 5.41) is 0. The Morgan fingerprint density at radius 3 is 1.96 bits per heavy atom. The van der Waals surface area contributed by atoms with Gasteiger partial charge in [0.2, 0.25) is 0 Å². The van der Waals surface area contributed by atoms with Crippen LogP contribution in [-0.2, 0) is 21.1 Å². The SMILES string of the molecule is CC.CC.COOC(=O)CCCCCN(Cc1ccccc1)c1ccccc1. The standard InChI is InChI=1S/C20H25NO3.2C2H6/c1-23-24-20(22)15-9-4-10-16-21(19-13-7-3-8-14-19)17-18-11-5-2-6-12-18;2*1-2/h2-3,5-8,11-14H,4,9-10,15-17H2,1H3;2*1-2H3. The monoisotopic (exact) mass is 387 g/mol. The summed E-state index contributed by atoms with van der Waals surface area (Å²) < 4.78 is 0. The second kappa shape index (κ2) is 18.1. The Morgan fingerprint density at radius 1 is 0.821 bits per heavy atom. The molecule has 0 N–H and O–H groups in total. The van der Waals surface area contributed by atoms with Gasteiger partial charge < -0.3 is 4.90 Å². The molecule has 2 aromatic carbocycles. The first kappa shape index (κ1) is 25.7. The van der Waals surface area contributed by atoms with Crippen molar-refractivity contribution in [2.24, 2.45) is 0 Å². The minimum Gasteiger partial charge on any atom is -0.367 e. The summed E-state index contributed by atoms with van der Waals surface area (Å²) in [5.41, 5.74) is 2.52. The van der Waals surface area contributed by atoms with E-state index in [1.54, 1.807) is 0 Å². The van der Waals surface area contributed by atoms with Crippen LogP contribution < -0.4 is 4.90 Å². The second-order valence-electron chi connectivity index (χ2n) is 5.68. The summed E-state index contributed by atoms with van der Waals surface area (Å²) in [6.45, 7) is 9.84. The number of carbonyl (C=O) groups excluding carboxylic acids is 1. The predicted octanol–water partition coefficient (Wildman–Crippen LogP) is 6.41. The lowest BCUT2D eigenvalue weighted by Gasteiger charge is -2.25. The maximum Gasteiger partial charge on any atom is 0.342 e. The smallest absolute Gasteiger partial charge is 0.342 e. The molecule has 2 aromatic rings. The highest BCUT2D eigenvalue weighted by atomic mass is 17.2. The number of anilines is 1. The van der Waals surface area contributed by atoms with E-state index in [0.29, 0.717) is 6.42 Å². The van der Waals surface area contributed by atoms with Crippen LogP contribution in [0.1, 0.15) is 58.9 Å². The van der Waals surface area contributed by atoms with Gasteiger partial charge in [-0.2, -0.15) is 4.89 Å². The number of hydrogen-bond acceptors (Lipinski definition) is 4. The number of rotatable bonds is 10. The molecule has 2 rings (SSSR count). The number of hydrogen-bond donors (Lipinski definition) is 0. The molecular weight excluding hydrogens is 350 g/mol. The molecule has 0 bridgehead atoms. The highest BCUT2D eigenvalue weighted by molar-refractivity contribution is 5.68. The lowest BCUT2D eigenvalue weighted by atomic mass is 10.1. The Bertz CT molecular complexity index is 587. The van der Waals surface area contributed by atoms with Gasteiger partial charge in [-0.15, -0.1) is 0 Å². The fourth-order valence-electron chi connectivity index (χ4n) is 2.63. The fraction of sp³-hybridized carbons (Fsp3) is 0.458. The Labute approximate surface area is 171 Å². The van der Waals surface area contributed by atoms with Gasteiger partial charge in [0.1, 0.15) is 0 Å². The van der Waals surface area contributed by atoms with E-state index >= 15 is 0 Å². The Morgan fingerprint density at radius 2 is 1.39 bits per heavy atom. The molecule has 0 radical (unpaired) electrons. The number of unbranched alkanes of at least 4 members (excludes halogenated alkanes) is 2. The molecule has 0 aromatic heterocycles. The summed E-state index contributed by atoms with van der Waals surface area (Å²) in [7, 11) is 1.35. The molecule has 0 saturated heterocycles. The third-order valence-electron chi connectivity index (χ3n) is 3.82. The normalized spacial score (nSPS) is 9.32. The van der Waals surface area contributed by atoms with E-state index in [-0.39, 0.29) is 5.97 Å². The minimum atomic E-state index is -0.304. The Balaban J connectivity index is 0.00000171. The molecule has 4 heteroatoms. The van der Waals surface area contributed by atoms with Crippen LogP contribution in [-0.4, -0.2) is 19.6 Å². The molecule has 4 nitrogen and oxygen atoms in total. The van der Waals surface area contributed by atoms with Gasteiger partial charge in [0.25, 0.3) is 0 Å². The van der Waals surface area contributed by atoms with Crippen molar-refractivity contribution in [1.29, 1.82) is 0 Å². The average molecular weight is 388 g/mol. The highest BCUT2D eigenvalue weighted by Crippen LogP contribution is 2.18. The molecule has 0 aliphatic rings. The van der Waals surface area contributed by atoms with Crippen molar-refractivity contribution in [3.05, 3.63) is 66.2 Å². The van der Waals surface area contributed by atoms with Gasteiger partial charge in [0, 0.05) is 25.2 Å². The molecule has 0 saturated carbocycles. The van der Waals surface area contributed by atoms with Crippen LogP contribution in [0.25, 0.3) is 0 Å². The maximum absolute atomic E-state index is 11.2. The molecule has 0 atom stereocenters. The van der Waals surface area contributed by atoms with E-state index in [9.17, 15) is 4.79 Å². The lowest BCUT2D eigenvalue weighted by Crippen LogP contribution is -2.23. The zero-order valence-corrected chi connectivity index (χ0v) is 18.2. The molecule has 28 heavy (non-hydrogen) atoms. The quantitative estimate of drug-likeness (QED) is 0.268. The van der Waals surface area contributed by atoms with Crippen molar-refractivity contribution < 1.29 is 14.6 Å².